The minimum absolute atomic E-state index is 0.0249. The molecule has 12 atom stereocenters. The third kappa shape index (κ3) is 2.82. The summed E-state index contributed by atoms with van der Waals surface area (Å²) < 4.78 is 17.4. The number of esters is 1. The summed E-state index contributed by atoms with van der Waals surface area (Å²) >= 11 is 0. The predicted molar refractivity (Wildman–Crippen MR) is 132 cm³/mol. The number of hydrogen-bond donors (Lipinski definition) is 3. The second-order valence-electron chi connectivity index (χ2n) is 13.6. The predicted octanol–water partition coefficient (Wildman–Crippen LogP) is 2.46. The Morgan fingerprint density at radius 2 is 1.76 bits per heavy atom. The highest BCUT2D eigenvalue weighted by Gasteiger charge is 2.83. The molecule has 4 saturated carbocycles. The van der Waals surface area contributed by atoms with Gasteiger partial charge in [0.05, 0.1) is 17.6 Å². The summed E-state index contributed by atoms with van der Waals surface area (Å²) in [7, 11) is 1.53. The molecule has 6 rings (SSSR count). The summed E-state index contributed by atoms with van der Waals surface area (Å²) in [6.45, 7) is 9.29. The Kier molecular flexibility index (Phi) is 5.37. The highest BCUT2D eigenvalue weighted by molar-refractivity contribution is 5.90. The Labute approximate surface area is 218 Å². The lowest BCUT2D eigenvalue weighted by Gasteiger charge is -2.61. The fourth-order valence-corrected chi connectivity index (χ4v) is 10.0. The first-order valence-electron chi connectivity index (χ1n) is 13.9. The molecule has 6 aliphatic rings. The molecule has 1 spiro atoms. The smallest absolute Gasteiger partial charge is 0.334 e. The van der Waals surface area contributed by atoms with Gasteiger partial charge in [0.25, 0.3) is 0 Å². The summed E-state index contributed by atoms with van der Waals surface area (Å²) in [6, 6.07) is 0. The van der Waals surface area contributed by atoms with Crippen molar-refractivity contribution in [3.63, 3.8) is 0 Å². The van der Waals surface area contributed by atoms with Crippen molar-refractivity contribution >= 4 is 11.8 Å². The highest BCUT2D eigenvalue weighted by Crippen LogP contribution is 2.74. The van der Waals surface area contributed by atoms with Crippen molar-refractivity contribution in [1.82, 2.24) is 0 Å². The van der Waals surface area contributed by atoms with E-state index in [-0.39, 0.29) is 36.1 Å². The number of fused-ring (bicyclic) bond motifs is 4. The van der Waals surface area contributed by atoms with Crippen LogP contribution in [0.25, 0.3) is 0 Å². The lowest BCUT2D eigenvalue weighted by atomic mass is 9.43. The molecule has 2 heterocycles. The quantitative estimate of drug-likeness (QED) is 0.384. The van der Waals surface area contributed by atoms with Gasteiger partial charge < -0.3 is 29.5 Å². The normalized spacial score (nSPS) is 54.5. The molecule has 2 aliphatic heterocycles. The summed E-state index contributed by atoms with van der Waals surface area (Å²) in [5.74, 6) is -0.117. The molecular weight excluding hydrogens is 476 g/mol. The van der Waals surface area contributed by atoms with Crippen LogP contribution in [0.2, 0.25) is 0 Å². The summed E-state index contributed by atoms with van der Waals surface area (Å²) in [5.41, 5.74) is -3.97. The van der Waals surface area contributed by atoms with Crippen LogP contribution < -0.4 is 0 Å². The Morgan fingerprint density at radius 3 is 2.41 bits per heavy atom. The molecule has 0 amide bonds. The number of rotatable bonds is 3. The molecule has 0 aromatic carbocycles. The van der Waals surface area contributed by atoms with Crippen LogP contribution in [-0.2, 0) is 23.8 Å². The summed E-state index contributed by atoms with van der Waals surface area (Å²) in [5, 5.41) is 35.6. The van der Waals surface area contributed by atoms with Gasteiger partial charge >= 0.3 is 5.97 Å². The van der Waals surface area contributed by atoms with Crippen molar-refractivity contribution in [2.75, 3.05) is 7.11 Å². The molecule has 3 N–H and O–H groups in total. The van der Waals surface area contributed by atoms with E-state index in [1.807, 2.05) is 13.8 Å². The molecular formula is C29H42O8. The Morgan fingerprint density at radius 1 is 1.08 bits per heavy atom. The Bertz CT molecular complexity index is 1080. The van der Waals surface area contributed by atoms with Gasteiger partial charge in [0.1, 0.15) is 34.8 Å². The Balaban J connectivity index is 1.33. The number of aliphatic hydroxyl groups is 3. The van der Waals surface area contributed by atoms with Gasteiger partial charge in [-0.25, -0.2) is 4.79 Å². The zero-order valence-corrected chi connectivity index (χ0v) is 22.9. The largest absolute Gasteiger partial charge is 0.455 e. The summed E-state index contributed by atoms with van der Waals surface area (Å²) in [4.78, 5) is 26.2. The van der Waals surface area contributed by atoms with Gasteiger partial charge in [0, 0.05) is 30.9 Å². The maximum atomic E-state index is 13.7. The molecule has 0 radical (unpaired) electrons. The van der Waals surface area contributed by atoms with Gasteiger partial charge in [-0.1, -0.05) is 12.5 Å². The molecule has 5 fully saturated rings. The number of cyclic esters (lactones) is 1. The SMILES string of the molecule is COC1CC(=O)C2(C)C3CCC4(C)C(CCC4(O)C(C)(O)C4CC(C)=C(C)C(=O)O4)C3CC3OC32C1O. The first kappa shape index (κ1) is 25.9. The highest BCUT2D eigenvalue weighted by atomic mass is 16.6. The van der Waals surface area contributed by atoms with E-state index in [4.69, 9.17) is 14.2 Å². The topological polar surface area (TPSA) is 126 Å². The van der Waals surface area contributed by atoms with Gasteiger partial charge in [-0.2, -0.15) is 0 Å². The van der Waals surface area contributed by atoms with Gasteiger partial charge in [-0.15, -0.1) is 0 Å². The average molecular weight is 519 g/mol. The molecule has 37 heavy (non-hydrogen) atoms. The van der Waals surface area contributed by atoms with Crippen molar-refractivity contribution in [3.8, 4) is 0 Å². The molecule has 4 aliphatic carbocycles. The van der Waals surface area contributed by atoms with Crippen molar-refractivity contribution < 1.29 is 39.1 Å². The van der Waals surface area contributed by atoms with E-state index in [9.17, 15) is 24.9 Å². The van der Waals surface area contributed by atoms with Crippen molar-refractivity contribution in [1.29, 1.82) is 0 Å². The zero-order valence-electron chi connectivity index (χ0n) is 22.9. The number of Topliss-reactive ketones (excluding diaryl/α,β-unsaturated/α-hetero) is 1. The zero-order chi connectivity index (χ0) is 26.9. The third-order valence-corrected chi connectivity index (χ3v) is 12.6. The number of epoxide rings is 1. The molecule has 0 aromatic heterocycles. The standard InChI is InChI=1S/C29H42O8/c1-14-11-21(36-24(32)15(14)2)27(5,33)28(34)10-8-17-16-12-22-29(37-22)23(31)19(35-6)13-20(30)26(29,4)18(16)7-9-25(17,28)3/h16-19,21-23,31,33-34H,7-13H2,1-6H3. The van der Waals surface area contributed by atoms with Crippen LogP contribution >= 0.6 is 0 Å². The van der Waals surface area contributed by atoms with E-state index in [2.05, 4.69) is 6.92 Å². The fourth-order valence-electron chi connectivity index (χ4n) is 10.0. The van der Waals surface area contributed by atoms with Crippen molar-refractivity contribution in [3.05, 3.63) is 11.1 Å². The van der Waals surface area contributed by atoms with Crippen LogP contribution in [0.4, 0.5) is 0 Å². The maximum absolute atomic E-state index is 13.7. The van der Waals surface area contributed by atoms with Crippen LogP contribution in [0.3, 0.4) is 0 Å². The molecule has 1 saturated heterocycles. The molecule has 8 heteroatoms. The van der Waals surface area contributed by atoms with Gasteiger partial charge in [0.2, 0.25) is 0 Å². The third-order valence-electron chi connectivity index (χ3n) is 12.6. The summed E-state index contributed by atoms with van der Waals surface area (Å²) in [6.07, 6.45) is 1.28. The van der Waals surface area contributed by atoms with Crippen LogP contribution in [0.1, 0.15) is 79.6 Å². The Hall–Kier alpha value is -1.32. The van der Waals surface area contributed by atoms with E-state index < -0.39 is 51.9 Å². The number of carbonyl (C=O) groups is 2. The molecule has 0 bridgehead atoms. The van der Waals surface area contributed by atoms with E-state index in [0.717, 1.165) is 12.0 Å². The van der Waals surface area contributed by atoms with E-state index in [0.29, 0.717) is 37.7 Å². The minimum Gasteiger partial charge on any atom is -0.455 e. The number of carbonyl (C=O) groups excluding carboxylic acids is 2. The second kappa shape index (κ2) is 7.66. The average Bonchev–Trinajstić information content (AvgIpc) is 3.51. The molecule has 0 aromatic rings. The minimum atomic E-state index is -1.64. The van der Waals surface area contributed by atoms with Crippen LogP contribution in [0.5, 0.6) is 0 Å². The molecule has 8 nitrogen and oxygen atoms in total. The lowest BCUT2D eigenvalue weighted by Crippen LogP contribution is -2.70. The van der Waals surface area contributed by atoms with E-state index >= 15 is 0 Å². The van der Waals surface area contributed by atoms with Crippen LogP contribution in [0, 0.1) is 28.6 Å². The monoisotopic (exact) mass is 518 g/mol. The number of hydrogen-bond acceptors (Lipinski definition) is 8. The molecule has 206 valence electrons. The number of ether oxygens (including phenoxy) is 3. The van der Waals surface area contributed by atoms with E-state index in [1.165, 1.54) is 7.11 Å². The fraction of sp³-hybridized carbons (Fsp3) is 0.862. The van der Waals surface area contributed by atoms with Gasteiger partial charge in [-0.3, -0.25) is 4.79 Å². The number of aliphatic hydroxyl groups excluding tert-OH is 1. The van der Waals surface area contributed by atoms with Crippen LogP contribution in [-0.4, -0.2) is 75.4 Å². The van der Waals surface area contributed by atoms with Crippen molar-refractivity contribution in [2.45, 2.75) is 121 Å². The first-order chi connectivity index (χ1) is 17.2. The van der Waals surface area contributed by atoms with Gasteiger partial charge in [0.15, 0.2) is 0 Å². The lowest BCUT2D eigenvalue weighted by molar-refractivity contribution is -0.255. The van der Waals surface area contributed by atoms with Crippen LogP contribution in [0.15, 0.2) is 11.1 Å². The number of methoxy groups -OCH3 is 1. The maximum Gasteiger partial charge on any atom is 0.334 e. The van der Waals surface area contributed by atoms with Gasteiger partial charge in [-0.05, 0) is 77.6 Å². The molecule has 12 unspecified atom stereocenters. The number of ketones is 1. The second-order valence-corrected chi connectivity index (χ2v) is 13.6. The first-order valence-corrected chi connectivity index (χ1v) is 13.9. The van der Waals surface area contributed by atoms with E-state index in [1.54, 1.807) is 13.8 Å². The van der Waals surface area contributed by atoms with Crippen molar-refractivity contribution in [2.24, 2.45) is 28.6 Å².